The van der Waals surface area contributed by atoms with Crippen LogP contribution in [0.4, 0.5) is 0 Å². The van der Waals surface area contributed by atoms with E-state index in [1.165, 1.54) is 36.0 Å². The van der Waals surface area contributed by atoms with Crippen LogP contribution >= 0.6 is 0 Å². The molecule has 6 unspecified atom stereocenters. The third-order valence-corrected chi connectivity index (χ3v) is 14.7. The Bertz CT molecular complexity index is 2350. The minimum Gasteiger partial charge on any atom is -0.504 e. The second kappa shape index (κ2) is 15.8. The van der Waals surface area contributed by atoms with Gasteiger partial charge in [-0.25, -0.2) is 0 Å². The molecule has 6 atom stereocenters. The van der Waals surface area contributed by atoms with Crippen molar-refractivity contribution in [3.05, 3.63) is 112 Å². The van der Waals surface area contributed by atoms with Gasteiger partial charge in [0.1, 0.15) is 12.4 Å². The van der Waals surface area contributed by atoms with Gasteiger partial charge >= 0.3 is 0 Å². The van der Waals surface area contributed by atoms with Crippen LogP contribution in [0.3, 0.4) is 0 Å². The first kappa shape index (κ1) is 38.7. The van der Waals surface area contributed by atoms with Gasteiger partial charge < -0.3 is 40.0 Å². The Hall–Kier alpha value is -4.52. The summed E-state index contributed by atoms with van der Waals surface area (Å²) in [4.78, 5) is 0. The number of hydrogen-bond acceptors (Lipinski definition) is 7. The normalized spacial score (nSPS) is 29.4. The van der Waals surface area contributed by atoms with Gasteiger partial charge in [-0.2, -0.15) is 0 Å². The Balaban J connectivity index is 1.18. The molecule has 5 N–H and O–H groups in total. The van der Waals surface area contributed by atoms with Crippen molar-refractivity contribution in [1.82, 2.24) is 9.88 Å². The van der Waals surface area contributed by atoms with E-state index in [9.17, 15) is 10.2 Å². The minimum absolute atomic E-state index is 0.112. The third-order valence-electron chi connectivity index (χ3n) is 14.7. The Morgan fingerprint density at radius 1 is 0.898 bits per heavy atom. The summed E-state index contributed by atoms with van der Waals surface area (Å²) in [5.41, 5.74) is 14.5. The van der Waals surface area contributed by atoms with Crippen molar-refractivity contribution in [3.8, 4) is 23.3 Å². The summed E-state index contributed by atoms with van der Waals surface area (Å²) in [6, 6.07) is 19.6. The van der Waals surface area contributed by atoms with Gasteiger partial charge in [-0.05, 0) is 123 Å². The van der Waals surface area contributed by atoms with Gasteiger partial charge in [-0.3, -0.25) is 0 Å². The van der Waals surface area contributed by atoms with Crippen LogP contribution in [-0.4, -0.2) is 52.0 Å². The van der Waals surface area contributed by atoms with Gasteiger partial charge in [0.25, 0.3) is 0 Å². The van der Waals surface area contributed by atoms with E-state index >= 15 is 0 Å². The number of rotatable bonds is 1. The fraction of sp³-hybridized carbons (Fsp3) is 0.490. The van der Waals surface area contributed by atoms with E-state index < -0.39 is 12.3 Å². The summed E-state index contributed by atoms with van der Waals surface area (Å²) in [6.07, 6.45) is 19.0. The molecule has 2 aliphatic carbocycles. The molecule has 8 nitrogen and oxygen atoms in total. The van der Waals surface area contributed by atoms with Crippen LogP contribution in [0.15, 0.2) is 84.2 Å². The molecule has 2 fully saturated rings. The number of aromatic nitrogens is 1. The number of nitrogens with two attached hydrogens (primary N) is 1. The highest BCUT2D eigenvalue weighted by Gasteiger charge is 2.58. The highest BCUT2D eigenvalue weighted by molar-refractivity contribution is 5.88. The average molecular weight is 794 g/mol. The van der Waals surface area contributed by atoms with Crippen molar-refractivity contribution in [1.29, 1.82) is 0 Å². The lowest BCUT2D eigenvalue weighted by Gasteiger charge is -2.59. The zero-order valence-corrected chi connectivity index (χ0v) is 34.5. The van der Waals surface area contributed by atoms with Gasteiger partial charge in [0, 0.05) is 58.2 Å². The Morgan fingerprint density at radius 3 is 2.68 bits per heavy atom. The third kappa shape index (κ3) is 7.18. The summed E-state index contributed by atoms with van der Waals surface area (Å²) >= 11 is 0. The maximum absolute atomic E-state index is 11.4. The van der Waals surface area contributed by atoms with E-state index in [0.29, 0.717) is 37.5 Å². The zero-order chi connectivity index (χ0) is 40.1. The number of aryl methyl sites for hydroxylation is 2. The minimum atomic E-state index is -0.536. The number of fused-ring (bicyclic) bond motifs is 10. The van der Waals surface area contributed by atoms with E-state index in [1.807, 2.05) is 18.2 Å². The number of dihydropyridines is 1. The number of aromatic hydroxyl groups is 1. The van der Waals surface area contributed by atoms with Crippen molar-refractivity contribution in [3.63, 3.8) is 0 Å². The van der Waals surface area contributed by atoms with Crippen LogP contribution in [0.5, 0.6) is 11.5 Å². The molecule has 0 amide bonds. The fourth-order valence-corrected chi connectivity index (χ4v) is 11.7. The molecule has 1 saturated carbocycles. The van der Waals surface area contributed by atoms with Gasteiger partial charge in [0.2, 0.25) is 0 Å². The first-order valence-electron chi connectivity index (χ1n) is 22.4. The second-order valence-corrected chi connectivity index (χ2v) is 18.4. The van der Waals surface area contributed by atoms with Crippen LogP contribution in [-0.2, 0) is 34.3 Å². The fourth-order valence-electron chi connectivity index (χ4n) is 11.7. The summed E-state index contributed by atoms with van der Waals surface area (Å²) in [5.74, 6) is 9.05. The van der Waals surface area contributed by atoms with Crippen molar-refractivity contribution < 1.29 is 24.4 Å². The zero-order valence-electron chi connectivity index (χ0n) is 34.5. The van der Waals surface area contributed by atoms with Crippen molar-refractivity contribution in [2.75, 3.05) is 13.2 Å². The first-order chi connectivity index (χ1) is 28.8. The lowest BCUT2D eigenvalue weighted by Crippen LogP contribution is -2.59. The number of aliphatic hydroxyl groups is 1. The number of ether oxygens (including phenoxy) is 3. The smallest absolute Gasteiger partial charge is 0.161 e. The number of hydrogen-bond donors (Lipinski definition) is 4. The molecule has 5 heterocycles. The van der Waals surface area contributed by atoms with Crippen LogP contribution < -0.4 is 15.8 Å². The molecule has 4 aliphatic heterocycles. The molecule has 4 aromatic rings. The van der Waals surface area contributed by atoms with Crippen LogP contribution in [0.1, 0.15) is 112 Å². The van der Waals surface area contributed by atoms with E-state index in [0.717, 1.165) is 96.8 Å². The van der Waals surface area contributed by atoms with Gasteiger partial charge in [-0.15, -0.1) is 0 Å². The van der Waals surface area contributed by atoms with E-state index in [1.54, 1.807) is 6.07 Å². The highest BCUT2D eigenvalue weighted by Crippen LogP contribution is 2.59. The van der Waals surface area contributed by atoms with Gasteiger partial charge in [-0.1, -0.05) is 74.4 Å². The number of nitrogens with one attached hydrogen (secondary N) is 1. The number of benzene rings is 3. The van der Waals surface area contributed by atoms with Crippen molar-refractivity contribution >= 4 is 16.6 Å². The summed E-state index contributed by atoms with van der Waals surface area (Å²) in [6.45, 7) is 3.55. The number of aliphatic hydroxyl groups excluding tert-OH is 1. The Labute approximate surface area is 348 Å². The lowest BCUT2D eigenvalue weighted by molar-refractivity contribution is -0.166. The van der Waals surface area contributed by atoms with Crippen molar-refractivity contribution in [2.24, 2.45) is 17.6 Å². The van der Waals surface area contributed by atoms with E-state index in [-0.39, 0.29) is 35.4 Å². The molecule has 10 rings (SSSR count). The Morgan fingerprint density at radius 2 is 1.78 bits per heavy atom. The predicted molar refractivity (Wildman–Crippen MR) is 232 cm³/mol. The Kier molecular flexibility index (Phi) is 10.4. The van der Waals surface area contributed by atoms with E-state index in [2.05, 4.69) is 77.4 Å². The van der Waals surface area contributed by atoms with Crippen molar-refractivity contribution in [2.45, 2.75) is 133 Å². The van der Waals surface area contributed by atoms with Gasteiger partial charge in [0.05, 0.1) is 30.6 Å². The molecule has 0 radical (unpaired) electrons. The number of phenolic OH excluding ortho intramolecular Hbond substituents is 1. The maximum Gasteiger partial charge on any atom is 0.161 e. The average Bonchev–Trinajstić information content (AvgIpc) is 3.67. The maximum atomic E-state index is 11.4. The molecular formula is C51H59N3O5. The quantitative estimate of drug-likeness (QED) is 0.143. The monoisotopic (exact) mass is 793 g/mol. The molecule has 8 heteroatoms. The van der Waals surface area contributed by atoms with Crippen LogP contribution in [0.25, 0.3) is 16.6 Å². The summed E-state index contributed by atoms with van der Waals surface area (Å²) < 4.78 is 22.6. The molecule has 1 aromatic heterocycles. The molecule has 6 bridgehead atoms. The summed E-state index contributed by atoms with van der Waals surface area (Å²) in [5, 5.41) is 28.3. The largest absolute Gasteiger partial charge is 0.504 e. The highest BCUT2D eigenvalue weighted by atomic mass is 16.5. The molecule has 308 valence electrons. The SMILES string of the molecule is CC1C#CC2=CC(N)NC3=C2COC(CCC1)CC(O)CCc1ccc(O)c(c1)OCc1cc(C24CCOC5(CCCCC5)C2CCc2ccccc24)cc2cn3cc12. The van der Waals surface area contributed by atoms with Crippen LogP contribution in [0, 0.1) is 23.7 Å². The molecule has 3 aromatic carbocycles. The van der Waals surface area contributed by atoms with Gasteiger partial charge in [0.15, 0.2) is 11.5 Å². The lowest BCUT2D eigenvalue weighted by atomic mass is 9.51. The topological polar surface area (TPSA) is 111 Å². The molecule has 1 spiro atoms. The molecular weight excluding hydrogens is 735 g/mol. The predicted octanol–water partition coefficient (Wildman–Crippen LogP) is 8.79. The molecule has 1 saturated heterocycles. The second-order valence-electron chi connectivity index (χ2n) is 18.4. The number of nitrogens with zero attached hydrogens (tertiary/aromatic N) is 1. The molecule has 6 aliphatic rings. The summed E-state index contributed by atoms with van der Waals surface area (Å²) in [7, 11) is 0. The van der Waals surface area contributed by atoms with E-state index in [4.69, 9.17) is 19.9 Å². The number of phenols is 1. The first-order valence-corrected chi connectivity index (χ1v) is 22.4. The standard InChI is InChI=1S/C51H59N3O5/c1-33-8-7-10-41-28-40(55)17-13-34-14-18-45(56)46(24-34)58-31-38-26-39(25-37-29-54(30-42(37)38)49-43(32-57-41)36(15-12-33)27-48(52)53-49)51-22-23-59-50(20-5-2-6-21-50)47(51)19-16-35-9-3-4-11-44(35)51/h3-4,9,11,14,18,24-27,29-30,33,40-41,47-48,53,55-56H,2,5-8,10,13,16-17,19-23,28,31-32,52H2,1H3. The molecule has 59 heavy (non-hydrogen) atoms. The van der Waals surface area contributed by atoms with Crippen LogP contribution in [0.2, 0.25) is 0 Å².